The van der Waals surface area contributed by atoms with E-state index in [2.05, 4.69) is 0 Å². The van der Waals surface area contributed by atoms with Gasteiger partial charge in [0.2, 0.25) is 0 Å². The molecule has 0 fully saturated rings. The number of halogens is 3. The summed E-state index contributed by atoms with van der Waals surface area (Å²) in [5.41, 5.74) is 0. The molecular weight excluding hydrogens is 298 g/mol. The summed E-state index contributed by atoms with van der Waals surface area (Å²) < 4.78 is 0. The summed E-state index contributed by atoms with van der Waals surface area (Å²) in [6, 6.07) is 0. The molecule has 0 aromatic heterocycles. The van der Waals surface area contributed by atoms with Gasteiger partial charge in [-0.25, -0.2) is 0 Å². The molecule has 0 unspecified atom stereocenters. The molecule has 0 heterocycles. The number of rotatable bonds is 0. The van der Waals surface area contributed by atoms with Crippen molar-refractivity contribution in [2.75, 3.05) is 0 Å². The minimum atomic E-state index is 0. The van der Waals surface area contributed by atoms with Crippen LogP contribution in [0.25, 0.3) is 0 Å². The summed E-state index contributed by atoms with van der Waals surface area (Å²) in [4.78, 5) is 0. The first-order valence-electron chi connectivity index (χ1n) is 0. The fourth-order valence-electron chi connectivity index (χ4n) is 0. The third-order valence-corrected chi connectivity index (χ3v) is 0. The predicted octanol–water partition coefficient (Wildman–Crippen LogP) is -8.99. The van der Waals surface area contributed by atoms with Crippen LogP contribution in [-0.4, -0.2) is 0 Å². The molecule has 0 saturated heterocycles. The predicted molar refractivity (Wildman–Crippen MR) is 0 cm³/mol. The summed E-state index contributed by atoms with van der Waals surface area (Å²) in [6.45, 7) is 0. The van der Waals surface area contributed by atoms with Crippen LogP contribution < -0.4 is 50.9 Å². The van der Waals surface area contributed by atoms with Gasteiger partial charge in [0.1, 0.15) is 0 Å². The van der Waals surface area contributed by atoms with Crippen LogP contribution in [0.1, 0.15) is 0 Å². The van der Waals surface area contributed by atoms with Crippen LogP contribution in [0, 0.1) is 0 Å². The van der Waals surface area contributed by atoms with Crippen LogP contribution >= 0.6 is 0 Å². The van der Waals surface area contributed by atoms with Crippen molar-refractivity contribution in [3.8, 4) is 0 Å². The molecule has 1 radical (unpaired) electrons. The Morgan fingerprint density at radius 1 is 0.500 bits per heavy atom. The molecule has 4 heavy (non-hydrogen) atoms. The first kappa shape index (κ1) is 38.6. The van der Waals surface area contributed by atoms with E-state index < -0.39 is 0 Å². The van der Waals surface area contributed by atoms with Gasteiger partial charge in [-0.3, -0.25) is 0 Å². The molecule has 0 nitrogen and oxygen atoms in total. The third-order valence-electron chi connectivity index (χ3n) is 0. The second-order valence-corrected chi connectivity index (χ2v) is 0. The van der Waals surface area contributed by atoms with E-state index >= 15 is 0 Å². The number of hydrogen-bond acceptors (Lipinski definition) is 0. The van der Waals surface area contributed by atoms with Gasteiger partial charge in [-0.1, -0.05) is 0 Å². The largest absolute Gasteiger partial charge is 3.00 e. The molecule has 0 aromatic rings. The van der Waals surface area contributed by atoms with E-state index in [9.17, 15) is 0 Å². The Balaban J connectivity index is 0. The molecule has 0 saturated carbocycles. The van der Waals surface area contributed by atoms with Crippen LogP contribution in [0.15, 0.2) is 0 Å². The second-order valence-electron chi connectivity index (χ2n) is 0. The Morgan fingerprint density at radius 2 is 0.500 bits per heavy atom. The van der Waals surface area contributed by atoms with E-state index in [0.717, 1.165) is 0 Å². The van der Waals surface area contributed by atoms with Gasteiger partial charge < -0.3 is 50.9 Å². The Morgan fingerprint density at radius 3 is 0.500 bits per heavy atom. The van der Waals surface area contributed by atoms with E-state index in [-0.39, 0.29) is 67.4 Å². The SMILES string of the molecule is [Br-].[Br-].[Br-].[Ni+3]. The quantitative estimate of drug-likeness (QED) is 0.390. The Labute approximate surface area is 67.0 Å². The van der Waals surface area contributed by atoms with Crippen LogP contribution in [-0.2, 0) is 16.5 Å². The van der Waals surface area contributed by atoms with Crippen LogP contribution in [0.5, 0.6) is 0 Å². The fourth-order valence-corrected chi connectivity index (χ4v) is 0. The minimum Gasteiger partial charge on any atom is -1.00 e. The van der Waals surface area contributed by atoms with Gasteiger partial charge in [0, 0.05) is 0 Å². The van der Waals surface area contributed by atoms with E-state index in [1.54, 1.807) is 0 Å². The van der Waals surface area contributed by atoms with Crippen molar-refractivity contribution in [3.05, 3.63) is 0 Å². The van der Waals surface area contributed by atoms with Gasteiger partial charge in [0.05, 0.1) is 0 Å². The molecule has 0 spiro atoms. The van der Waals surface area contributed by atoms with E-state index in [0.29, 0.717) is 0 Å². The smallest absolute Gasteiger partial charge is 1.00 e. The third kappa shape index (κ3) is 9.05. The van der Waals surface area contributed by atoms with Crippen molar-refractivity contribution in [2.24, 2.45) is 0 Å². The normalized spacial score (nSPS) is 0. The van der Waals surface area contributed by atoms with Crippen LogP contribution in [0.4, 0.5) is 0 Å². The molecule has 0 amide bonds. The zero-order chi connectivity index (χ0) is 0. The van der Waals surface area contributed by atoms with Crippen LogP contribution in [0.2, 0.25) is 0 Å². The standard InChI is InChI=1S/3BrH.Ni/h3*1H;/q;;;+3/p-3. The van der Waals surface area contributed by atoms with Crippen molar-refractivity contribution in [1.82, 2.24) is 0 Å². The molecular formula is Br3Ni. The minimum absolute atomic E-state index is 0. The Hall–Kier alpha value is 1.93. The Kier molecular flexibility index (Phi) is 197. The van der Waals surface area contributed by atoms with Gasteiger partial charge in [-0.05, 0) is 0 Å². The van der Waals surface area contributed by atoms with E-state index in [1.165, 1.54) is 0 Å². The van der Waals surface area contributed by atoms with Gasteiger partial charge in [0.25, 0.3) is 0 Å². The van der Waals surface area contributed by atoms with Gasteiger partial charge >= 0.3 is 16.5 Å². The van der Waals surface area contributed by atoms with E-state index in [4.69, 9.17) is 0 Å². The zero-order valence-corrected chi connectivity index (χ0v) is 7.20. The maximum atomic E-state index is 0. The Bertz CT molecular complexity index is 3.25. The first-order chi connectivity index (χ1) is 0. The summed E-state index contributed by atoms with van der Waals surface area (Å²) >= 11 is 0. The molecule has 0 aromatic carbocycles. The van der Waals surface area contributed by atoms with Crippen molar-refractivity contribution >= 4 is 0 Å². The monoisotopic (exact) mass is 295 g/mol. The topological polar surface area (TPSA) is 0 Å². The molecule has 0 aliphatic rings. The maximum Gasteiger partial charge on any atom is 3.00 e. The summed E-state index contributed by atoms with van der Waals surface area (Å²) in [6.07, 6.45) is 0. The summed E-state index contributed by atoms with van der Waals surface area (Å²) in [5.74, 6) is 0. The first-order valence-corrected chi connectivity index (χ1v) is 0. The average Bonchev–Trinajstić information content (AvgIpc) is 0. The van der Waals surface area contributed by atoms with Crippen LogP contribution in [0.3, 0.4) is 0 Å². The molecule has 31 valence electrons. The molecule has 0 atom stereocenters. The molecule has 4 heteroatoms. The molecule has 0 N–H and O–H groups in total. The number of hydrogen-bond donors (Lipinski definition) is 0. The maximum absolute atomic E-state index is 0. The molecule has 0 bridgehead atoms. The zero-order valence-electron chi connectivity index (χ0n) is 1.45. The van der Waals surface area contributed by atoms with Gasteiger partial charge in [0.15, 0.2) is 0 Å². The summed E-state index contributed by atoms with van der Waals surface area (Å²) in [7, 11) is 0. The van der Waals surface area contributed by atoms with Crippen molar-refractivity contribution in [1.29, 1.82) is 0 Å². The molecule has 0 rings (SSSR count). The molecule has 0 aliphatic carbocycles. The van der Waals surface area contributed by atoms with Crippen molar-refractivity contribution in [3.63, 3.8) is 0 Å². The van der Waals surface area contributed by atoms with Crippen molar-refractivity contribution in [2.45, 2.75) is 0 Å². The van der Waals surface area contributed by atoms with Crippen molar-refractivity contribution < 1.29 is 67.4 Å². The average molecular weight is 298 g/mol. The second kappa shape index (κ2) is 20.4. The fraction of sp³-hybridized carbons (Fsp3) is 0. The molecule has 0 aliphatic heterocycles. The van der Waals surface area contributed by atoms with Gasteiger partial charge in [-0.15, -0.1) is 0 Å². The van der Waals surface area contributed by atoms with E-state index in [1.807, 2.05) is 0 Å². The summed E-state index contributed by atoms with van der Waals surface area (Å²) in [5, 5.41) is 0. The van der Waals surface area contributed by atoms with Gasteiger partial charge in [-0.2, -0.15) is 0 Å².